The Balaban J connectivity index is 1.43. The highest BCUT2D eigenvalue weighted by Crippen LogP contribution is 2.25. The Morgan fingerprint density at radius 1 is 0.969 bits per heavy atom. The van der Waals surface area contributed by atoms with E-state index in [2.05, 4.69) is 19.9 Å². The van der Waals surface area contributed by atoms with Crippen molar-refractivity contribution in [3.05, 3.63) is 108 Å². The molecule has 0 saturated carbocycles. The van der Waals surface area contributed by atoms with E-state index in [1.54, 1.807) is 18.6 Å². The van der Waals surface area contributed by atoms with Gasteiger partial charge >= 0.3 is 0 Å². The zero-order valence-corrected chi connectivity index (χ0v) is 17.6. The molecule has 2 aromatic carbocycles. The van der Waals surface area contributed by atoms with Gasteiger partial charge in [0.05, 0.1) is 16.8 Å². The van der Waals surface area contributed by atoms with Crippen LogP contribution in [0.4, 0.5) is 5.69 Å². The van der Waals surface area contributed by atoms with Crippen LogP contribution in [0.1, 0.15) is 21.7 Å². The number of nitrogens with one attached hydrogen (secondary N) is 1. The molecule has 0 saturated heterocycles. The van der Waals surface area contributed by atoms with Crippen LogP contribution >= 0.6 is 0 Å². The Hall–Kier alpha value is -4.32. The number of anilines is 1. The van der Waals surface area contributed by atoms with E-state index in [-0.39, 0.29) is 5.91 Å². The number of nitrogens with zero attached hydrogens (tertiary/aromatic N) is 4. The van der Waals surface area contributed by atoms with Crippen LogP contribution in [0.15, 0.2) is 91.5 Å². The highest BCUT2D eigenvalue weighted by molar-refractivity contribution is 6.13. The van der Waals surface area contributed by atoms with Gasteiger partial charge in [0.15, 0.2) is 0 Å². The van der Waals surface area contributed by atoms with Crippen LogP contribution in [0, 0.1) is 6.92 Å². The lowest BCUT2D eigenvalue weighted by atomic mass is 10.0. The number of imidazole rings is 1. The first kappa shape index (κ1) is 19.6. The maximum absolute atomic E-state index is 13.2. The molecule has 0 aliphatic heterocycles. The van der Waals surface area contributed by atoms with Crippen LogP contribution in [-0.2, 0) is 6.54 Å². The molecule has 5 rings (SSSR count). The molecule has 6 nitrogen and oxygen atoms in total. The van der Waals surface area contributed by atoms with Crippen molar-refractivity contribution < 1.29 is 4.79 Å². The summed E-state index contributed by atoms with van der Waals surface area (Å²) in [4.78, 5) is 26.3. The van der Waals surface area contributed by atoms with Crippen molar-refractivity contribution in [1.82, 2.24) is 19.5 Å². The number of aryl methyl sites for hydroxylation is 1. The molecule has 156 valence electrons. The Kier molecular flexibility index (Phi) is 5.17. The fraction of sp³-hybridized carbons (Fsp3) is 0.0769. The summed E-state index contributed by atoms with van der Waals surface area (Å²) < 4.78 is 2.08. The third kappa shape index (κ3) is 3.98. The molecule has 1 amide bonds. The van der Waals surface area contributed by atoms with E-state index in [1.807, 2.05) is 79.9 Å². The smallest absolute Gasteiger partial charge is 0.256 e. The van der Waals surface area contributed by atoms with Crippen LogP contribution in [0.3, 0.4) is 0 Å². The fourth-order valence-corrected chi connectivity index (χ4v) is 3.69. The minimum atomic E-state index is -0.169. The monoisotopic (exact) mass is 419 g/mol. The van der Waals surface area contributed by atoms with Crippen molar-refractivity contribution in [2.75, 3.05) is 5.32 Å². The summed E-state index contributed by atoms with van der Waals surface area (Å²) in [6.45, 7) is 2.72. The molecule has 0 radical (unpaired) electrons. The first-order valence-corrected chi connectivity index (χ1v) is 10.4. The number of para-hydroxylation sites is 1. The molecule has 3 heterocycles. The summed E-state index contributed by atoms with van der Waals surface area (Å²) >= 11 is 0. The van der Waals surface area contributed by atoms with Crippen LogP contribution in [0.5, 0.6) is 0 Å². The SMILES string of the molecule is Cc1nccn1Cc1ccc(NC(=O)c2cc(-c3ccncc3)nc3ccccc23)cc1. The first-order chi connectivity index (χ1) is 15.7. The van der Waals surface area contributed by atoms with E-state index < -0.39 is 0 Å². The molecule has 0 spiro atoms. The van der Waals surface area contributed by atoms with Crippen molar-refractivity contribution in [2.45, 2.75) is 13.5 Å². The molecule has 1 N–H and O–H groups in total. The van der Waals surface area contributed by atoms with E-state index in [4.69, 9.17) is 4.98 Å². The third-order valence-electron chi connectivity index (χ3n) is 5.43. The van der Waals surface area contributed by atoms with Gasteiger partial charge in [-0.15, -0.1) is 0 Å². The second-order valence-electron chi connectivity index (χ2n) is 7.56. The minimum absolute atomic E-state index is 0.169. The molecule has 5 aromatic rings. The second-order valence-corrected chi connectivity index (χ2v) is 7.56. The van der Waals surface area contributed by atoms with Gasteiger partial charge in [-0.05, 0) is 48.9 Å². The third-order valence-corrected chi connectivity index (χ3v) is 5.43. The molecule has 6 heteroatoms. The zero-order valence-electron chi connectivity index (χ0n) is 17.6. The van der Waals surface area contributed by atoms with E-state index in [0.717, 1.165) is 45.8 Å². The van der Waals surface area contributed by atoms with E-state index in [0.29, 0.717) is 5.56 Å². The number of rotatable bonds is 5. The van der Waals surface area contributed by atoms with E-state index in [9.17, 15) is 4.79 Å². The average molecular weight is 419 g/mol. The summed E-state index contributed by atoms with van der Waals surface area (Å²) in [5, 5.41) is 3.84. The predicted molar refractivity (Wildman–Crippen MR) is 125 cm³/mol. The molecule has 0 fully saturated rings. The van der Waals surface area contributed by atoms with Gasteiger partial charge in [0, 0.05) is 48.0 Å². The van der Waals surface area contributed by atoms with Crippen molar-refractivity contribution >= 4 is 22.5 Å². The van der Waals surface area contributed by atoms with E-state index >= 15 is 0 Å². The lowest BCUT2D eigenvalue weighted by Crippen LogP contribution is -2.13. The van der Waals surface area contributed by atoms with Gasteiger partial charge in [-0.3, -0.25) is 9.78 Å². The van der Waals surface area contributed by atoms with Gasteiger partial charge in [0.25, 0.3) is 5.91 Å². The topological polar surface area (TPSA) is 72.7 Å². The molecule has 0 aliphatic rings. The largest absolute Gasteiger partial charge is 0.331 e. The van der Waals surface area contributed by atoms with Gasteiger partial charge in [-0.25, -0.2) is 9.97 Å². The number of carbonyl (C=O) groups excluding carboxylic acids is 1. The van der Waals surface area contributed by atoms with Gasteiger partial charge in [-0.1, -0.05) is 30.3 Å². The van der Waals surface area contributed by atoms with E-state index in [1.165, 1.54) is 0 Å². The number of hydrogen-bond donors (Lipinski definition) is 1. The Bertz CT molecular complexity index is 1390. The summed E-state index contributed by atoms with van der Waals surface area (Å²) in [6.07, 6.45) is 7.20. The Morgan fingerprint density at radius 2 is 1.75 bits per heavy atom. The predicted octanol–water partition coefficient (Wildman–Crippen LogP) is 5.10. The minimum Gasteiger partial charge on any atom is -0.331 e. The molecule has 3 aromatic heterocycles. The number of hydrogen-bond acceptors (Lipinski definition) is 4. The van der Waals surface area contributed by atoms with Gasteiger partial charge in [-0.2, -0.15) is 0 Å². The number of amides is 1. The molecule has 0 bridgehead atoms. The lowest BCUT2D eigenvalue weighted by Gasteiger charge is -2.11. The number of aromatic nitrogens is 4. The van der Waals surface area contributed by atoms with Crippen molar-refractivity contribution in [3.8, 4) is 11.3 Å². The fourth-order valence-electron chi connectivity index (χ4n) is 3.69. The van der Waals surface area contributed by atoms with Crippen LogP contribution < -0.4 is 5.32 Å². The van der Waals surface area contributed by atoms with Crippen molar-refractivity contribution in [1.29, 1.82) is 0 Å². The number of pyridine rings is 2. The quantitative estimate of drug-likeness (QED) is 0.430. The first-order valence-electron chi connectivity index (χ1n) is 10.4. The highest BCUT2D eigenvalue weighted by atomic mass is 16.1. The Labute approximate surface area is 185 Å². The maximum Gasteiger partial charge on any atom is 0.256 e. The maximum atomic E-state index is 13.2. The van der Waals surface area contributed by atoms with Crippen LogP contribution in [0.2, 0.25) is 0 Å². The molecule has 0 atom stereocenters. The van der Waals surface area contributed by atoms with Gasteiger partial charge in [0.1, 0.15) is 5.82 Å². The summed E-state index contributed by atoms with van der Waals surface area (Å²) in [6, 6.07) is 21.2. The molecular weight excluding hydrogens is 398 g/mol. The van der Waals surface area contributed by atoms with Crippen LogP contribution in [0.25, 0.3) is 22.2 Å². The zero-order chi connectivity index (χ0) is 21.9. The van der Waals surface area contributed by atoms with Gasteiger partial charge in [0.2, 0.25) is 0 Å². The highest BCUT2D eigenvalue weighted by Gasteiger charge is 2.14. The number of benzene rings is 2. The summed E-state index contributed by atoms with van der Waals surface area (Å²) in [5.74, 6) is 0.800. The van der Waals surface area contributed by atoms with Crippen molar-refractivity contribution in [2.24, 2.45) is 0 Å². The van der Waals surface area contributed by atoms with Crippen molar-refractivity contribution in [3.63, 3.8) is 0 Å². The Morgan fingerprint density at radius 3 is 2.50 bits per heavy atom. The average Bonchev–Trinajstić information content (AvgIpc) is 3.24. The number of fused-ring (bicyclic) bond motifs is 1. The molecule has 32 heavy (non-hydrogen) atoms. The lowest BCUT2D eigenvalue weighted by molar-refractivity contribution is 0.102. The molecule has 0 unspecified atom stereocenters. The van der Waals surface area contributed by atoms with Crippen LogP contribution in [-0.4, -0.2) is 25.4 Å². The molecular formula is C26H21N5O. The standard InChI is InChI=1S/C26H21N5O/c1-18-28-14-15-31(18)17-19-6-8-21(9-7-19)29-26(32)23-16-25(20-10-12-27-13-11-20)30-24-5-3-2-4-22(23)24/h2-16H,17H2,1H3,(H,29,32). The van der Waals surface area contributed by atoms with Gasteiger partial charge < -0.3 is 9.88 Å². The summed E-state index contributed by atoms with van der Waals surface area (Å²) in [7, 11) is 0. The molecule has 0 aliphatic carbocycles. The second kappa shape index (κ2) is 8.43. The number of carbonyl (C=O) groups is 1. The normalized spacial score (nSPS) is 10.9. The summed E-state index contributed by atoms with van der Waals surface area (Å²) in [5.41, 5.74) is 4.89.